The minimum atomic E-state index is -0.270. The Balaban J connectivity index is 1.69. The summed E-state index contributed by atoms with van der Waals surface area (Å²) < 4.78 is 0. The van der Waals surface area contributed by atoms with Crippen LogP contribution in [-0.2, 0) is 4.79 Å². The number of carbonyl (C=O) groups excluding carboxylic acids is 3. The fourth-order valence-electron chi connectivity index (χ4n) is 2.55. The fourth-order valence-corrected chi connectivity index (χ4v) is 2.55. The first-order chi connectivity index (χ1) is 9.68. The predicted octanol–water partition coefficient (Wildman–Crippen LogP) is -0.286. The van der Waals surface area contributed by atoms with Crippen LogP contribution in [0.15, 0.2) is 24.3 Å². The van der Waals surface area contributed by atoms with Crippen molar-refractivity contribution in [1.82, 2.24) is 15.1 Å². The Morgan fingerprint density at radius 3 is 2.25 bits per heavy atom. The Labute approximate surface area is 116 Å². The van der Waals surface area contributed by atoms with Gasteiger partial charge in [0.05, 0.1) is 17.7 Å². The summed E-state index contributed by atoms with van der Waals surface area (Å²) in [6.45, 7) is 2.32. The van der Waals surface area contributed by atoms with Gasteiger partial charge in [-0.3, -0.25) is 19.3 Å². The molecule has 0 saturated carbocycles. The van der Waals surface area contributed by atoms with E-state index < -0.39 is 0 Å². The summed E-state index contributed by atoms with van der Waals surface area (Å²) in [7, 11) is 0. The van der Waals surface area contributed by atoms with Crippen molar-refractivity contribution in [1.29, 1.82) is 0 Å². The van der Waals surface area contributed by atoms with Gasteiger partial charge in [-0.2, -0.15) is 0 Å². The van der Waals surface area contributed by atoms with Crippen molar-refractivity contribution < 1.29 is 14.4 Å². The van der Waals surface area contributed by atoms with Crippen molar-refractivity contribution in [2.45, 2.75) is 0 Å². The molecule has 0 bridgehead atoms. The zero-order valence-electron chi connectivity index (χ0n) is 11.0. The molecule has 20 heavy (non-hydrogen) atoms. The average molecular weight is 273 g/mol. The van der Waals surface area contributed by atoms with Crippen molar-refractivity contribution in [3.05, 3.63) is 35.4 Å². The quantitative estimate of drug-likeness (QED) is 0.769. The lowest BCUT2D eigenvalue weighted by molar-refractivity contribution is -0.132. The molecule has 1 saturated heterocycles. The van der Waals surface area contributed by atoms with Crippen LogP contribution in [0.4, 0.5) is 0 Å². The molecule has 0 aromatic heterocycles. The number of amides is 3. The third kappa shape index (κ3) is 2.08. The van der Waals surface area contributed by atoms with E-state index in [9.17, 15) is 14.4 Å². The molecule has 3 rings (SSSR count). The first-order valence-corrected chi connectivity index (χ1v) is 6.62. The summed E-state index contributed by atoms with van der Waals surface area (Å²) in [5, 5.41) is 2.99. The van der Waals surface area contributed by atoms with E-state index in [1.807, 2.05) is 0 Å². The Morgan fingerprint density at radius 2 is 1.65 bits per heavy atom. The molecular formula is C14H15N3O3. The molecule has 0 atom stereocenters. The van der Waals surface area contributed by atoms with Crippen LogP contribution >= 0.6 is 0 Å². The molecule has 0 radical (unpaired) electrons. The molecule has 2 heterocycles. The highest BCUT2D eigenvalue weighted by molar-refractivity contribution is 6.21. The molecule has 0 spiro atoms. The summed E-state index contributed by atoms with van der Waals surface area (Å²) in [5.41, 5.74) is 0.897. The standard InChI is InChI=1S/C14H15N3O3/c18-12-9-15-5-6-16(12)7-8-17-13(19)10-3-1-2-4-11(10)14(17)20/h1-4,15H,5-9H2. The molecule has 0 unspecified atom stereocenters. The van der Waals surface area contributed by atoms with Gasteiger partial charge in [-0.15, -0.1) is 0 Å². The number of imide groups is 1. The van der Waals surface area contributed by atoms with Crippen LogP contribution in [0.1, 0.15) is 20.7 Å². The molecule has 104 valence electrons. The third-order valence-electron chi connectivity index (χ3n) is 3.66. The van der Waals surface area contributed by atoms with Crippen LogP contribution in [0, 0.1) is 0 Å². The molecule has 0 aliphatic carbocycles. The normalized spacial score (nSPS) is 18.7. The van der Waals surface area contributed by atoms with E-state index in [1.165, 1.54) is 4.90 Å². The third-order valence-corrected chi connectivity index (χ3v) is 3.66. The summed E-state index contributed by atoms with van der Waals surface area (Å²) in [4.78, 5) is 38.9. The minimum absolute atomic E-state index is 0.00728. The second-order valence-corrected chi connectivity index (χ2v) is 4.87. The lowest BCUT2D eigenvalue weighted by atomic mass is 10.1. The van der Waals surface area contributed by atoms with E-state index >= 15 is 0 Å². The second-order valence-electron chi connectivity index (χ2n) is 4.87. The highest BCUT2D eigenvalue weighted by Gasteiger charge is 2.35. The maximum Gasteiger partial charge on any atom is 0.261 e. The van der Waals surface area contributed by atoms with E-state index in [4.69, 9.17) is 0 Å². The Morgan fingerprint density at radius 1 is 1.00 bits per heavy atom. The van der Waals surface area contributed by atoms with Crippen molar-refractivity contribution in [3.8, 4) is 0 Å². The number of rotatable bonds is 3. The number of hydrogen-bond donors (Lipinski definition) is 1. The van der Waals surface area contributed by atoms with Gasteiger partial charge in [-0.25, -0.2) is 0 Å². The lowest BCUT2D eigenvalue weighted by Gasteiger charge is -2.28. The maximum atomic E-state index is 12.2. The highest BCUT2D eigenvalue weighted by atomic mass is 16.2. The van der Waals surface area contributed by atoms with Gasteiger partial charge >= 0.3 is 0 Å². The molecule has 3 amide bonds. The predicted molar refractivity (Wildman–Crippen MR) is 71.3 cm³/mol. The first kappa shape index (κ1) is 12.8. The summed E-state index contributed by atoms with van der Waals surface area (Å²) in [6.07, 6.45) is 0. The van der Waals surface area contributed by atoms with Gasteiger partial charge in [0, 0.05) is 26.2 Å². The van der Waals surface area contributed by atoms with Crippen LogP contribution in [0.3, 0.4) is 0 Å². The number of carbonyl (C=O) groups is 3. The van der Waals surface area contributed by atoms with Gasteiger partial charge in [-0.05, 0) is 12.1 Å². The van der Waals surface area contributed by atoms with Crippen molar-refractivity contribution in [3.63, 3.8) is 0 Å². The van der Waals surface area contributed by atoms with Gasteiger partial charge in [0.25, 0.3) is 11.8 Å². The number of nitrogens with one attached hydrogen (secondary N) is 1. The molecule has 1 fully saturated rings. The molecule has 1 aromatic carbocycles. The van der Waals surface area contributed by atoms with Gasteiger partial charge in [0.1, 0.15) is 0 Å². The molecular weight excluding hydrogens is 258 g/mol. The highest BCUT2D eigenvalue weighted by Crippen LogP contribution is 2.22. The van der Waals surface area contributed by atoms with Crippen LogP contribution in [0.25, 0.3) is 0 Å². The second kappa shape index (κ2) is 5.05. The van der Waals surface area contributed by atoms with Crippen LogP contribution in [0.2, 0.25) is 0 Å². The van der Waals surface area contributed by atoms with Gasteiger partial charge in [-0.1, -0.05) is 12.1 Å². The number of nitrogens with zero attached hydrogens (tertiary/aromatic N) is 2. The number of hydrogen-bond acceptors (Lipinski definition) is 4. The average Bonchev–Trinajstić information content (AvgIpc) is 2.71. The Kier molecular flexibility index (Phi) is 3.23. The smallest absolute Gasteiger partial charge is 0.261 e. The molecule has 2 aliphatic rings. The molecule has 2 aliphatic heterocycles. The summed E-state index contributed by atoms with van der Waals surface area (Å²) >= 11 is 0. The number of fused-ring (bicyclic) bond motifs is 1. The van der Waals surface area contributed by atoms with E-state index in [2.05, 4.69) is 5.32 Å². The van der Waals surface area contributed by atoms with Crippen molar-refractivity contribution in [2.75, 3.05) is 32.7 Å². The Hall–Kier alpha value is -2.21. The zero-order chi connectivity index (χ0) is 14.1. The molecule has 6 nitrogen and oxygen atoms in total. The van der Waals surface area contributed by atoms with E-state index in [1.54, 1.807) is 29.2 Å². The molecule has 1 aromatic rings. The topological polar surface area (TPSA) is 69.7 Å². The van der Waals surface area contributed by atoms with Gasteiger partial charge in [0.15, 0.2) is 0 Å². The lowest BCUT2D eigenvalue weighted by Crippen LogP contribution is -2.50. The monoisotopic (exact) mass is 273 g/mol. The van der Waals surface area contributed by atoms with Gasteiger partial charge < -0.3 is 10.2 Å². The molecule has 6 heteroatoms. The number of benzene rings is 1. The van der Waals surface area contributed by atoms with Gasteiger partial charge in [0.2, 0.25) is 5.91 Å². The van der Waals surface area contributed by atoms with Crippen LogP contribution < -0.4 is 5.32 Å². The van der Waals surface area contributed by atoms with E-state index in [0.29, 0.717) is 30.8 Å². The minimum Gasteiger partial charge on any atom is -0.339 e. The van der Waals surface area contributed by atoms with Crippen LogP contribution in [-0.4, -0.2) is 60.2 Å². The SMILES string of the molecule is O=C1CNCCN1CCN1C(=O)c2ccccc2C1=O. The van der Waals surface area contributed by atoms with Crippen LogP contribution in [0.5, 0.6) is 0 Å². The maximum absolute atomic E-state index is 12.2. The van der Waals surface area contributed by atoms with Crippen molar-refractivity contribution >= 4 is 17.7 Å². The first-order valence-electron chi connectivity index (χ1n) is 6.62. The number of piperazine rings is 1. The largest absolute Gasteiger partial charge is 0.339 e. The Bertz CT molecular complexity index is 550. The molecule has 1 N–H and O–H groups in total. The summed E-state index contributed by atoms with van der Waals surface area (Å²) in [5.74, 6) is -0.533. The van der Waals surface area contributed by atoms with E-state index in [0.717, 1.165) is 6.54 Å². The zero-order valence-corrected chi connectivity index (χ0v) is 11.0. The fraction of sp³-hybridized carbons (Fsp3) is 0.357. The summed E-state index contributed by atoms with van der Waals surface area (Å²) in [6, 6.07) is 6.80. The van der Waals surface area contributed by atoms with Crippen molar-refractivity contribution in [2.24, 2.45) is 0 Å². The van der Waals surface area contributed by atoms with E-state index in [-0.39, 0.29) is 24.3 Å².